The fraction of sp³-hybridized carbons (Fsp3) is 0.211. The number of aliphatic hydroxyl groups is 1. The molecule has 0 fully saturated rings. The highest BCUT2D eigenvalue weighted by Crippen LogP contribution is 2.20. The van der Waals surface area contributed by atoms with Gasteiger partial charge in [0.1, 0.15) is 23.6 Å². The first-order valence-electron chi connectivity index (χ1n) is 8.59. The Morgan fingerprint density at radius 2 is 1.89 bits per heavy atom. The van der Waals surface area contributed by atoms with Gasteiger partial charge in [-0.3, -0.25) is 4.79 Å². The Morgan fingerprint density at radius 1 is 1.15 bits per heavy atom. The number of nitrogens with zero attached hydrogens (tertiary/aromatic N) is 2. The van der Waals surface area contributed by atoms with E-state index in [1.54, 1.807) is 31.2 Å². The van der Waals surface area contributed by atoms with E-state index in [9.17, 15) is 14.3 Å². The van der Waals surface area contributed by atoms with E-state index in [2.05, 4.69) is 25.3 Å². The number of halogens is 1. The van der Waals surface area contributed by atoms with Crippen molar-refractivity contribution in [1.82, 2.24) is 19.9 Å². The SMILES string of the molecule is CC(O)c1nc2ccc(NC(=O)CCc3nc4ccc(F)cc4[nH]3)cc2[nH]1. The lowest BCUT2D eigenvalue weighted by Gasteiger charge is -2.04. The van der Waals surface area contributed by atoms with Crippen molar-refractivity contribution in [3.8, 4) is 0 Å². The van der Waals surface area contributed by atoms with Crippen LogP contribution in [0.2, 0.25) is 0 Å². The van der Waals surface area contributed by atoms with E-state index in [1.807, 2.05) is 0 Å². The van der Waals surface area contributed by atoms with Crippen LogP contribution in [-0.2, 0) is 11.2 Å². The van der Waals surface area contributed by atoms with E-state index in [1.165, 1.54) is 12.1 Å². The third-order valence-electron chi connectivity index (χ3n) is 4.26. The van der Waals surface area contributed by atoms with E-state index in [-0.39, 0.29) is 18.1 Å². The zero-order valence-corrected chi connectivity index (χ0v) is 14.6. The average molecular weight is 367 g/mol. The number of carbonyl (C=O) groups excluding carboxylic acids is 1. The number of aromatic nitrogens is 4. The van der Waals surface area contributed by atoms with Crippen LogP contribution in [0.25, 0.3) is 22.1 Å². The summed E-state index contributed by atoms with van der Waals surface area (Å²) in [4.78, 5) is 26.9. The van der Waals surface area contributed by atoms with Gasteiger partial charge in [-0.25, -0.2) is 14.4 Å². The lowest BCUT2D eigenvalue weighted by molar-refractivity contribution is -0.116. The minimum absolute atomic E-state index is 0.156. The molecule has 2 aromatic carbocycles. The monoisotopic (exact) mass is 367 g/mol. The summed E-state index contributed by atoms with van der Waals surface area (Å²) < 4.78 is 13.2. The third kappa shape index (κ3) is 3.65. The zero-order valence-electron chi connectivity index (χ0n) is 14.6. The summed E-state index contributed by atoms with van der Waals surface area (Å²) in [5.41, 5.74) is 3.39. The maximum atomic E-state index is 13.2. The molecule has 0 spiro atoms. The highest BCUT2D eigenvalue weighted by Gasteiger charge is 2.10. The maximum Gasteiger partial charge on any atom is 0.224 e. The molecule has 0 aliphatic rings. The number of anilines is 1. The van der Waals surface area contributed by atoms with E-state index in [4.69, 9.17) is 0 Å². The Labute approximate surface area is 153 Å². The molecular weight excluding hydrogens is 349 g/mol. The van der Waals surface area contributed by atoms with E-state index in [0.29, 0.717) is 34.8 Å². The van der Waals surface area contributed by atoms with Crippen LogP contribution in [0.1, 0.15) is 31.1 Å². The van der Waals surface area contributed by atoms with Crippen molar-refractivity contribution in [2.75, 3.05) is 5.32 Å². The Balaban J connectivity index is 1.41. The van der Waals surface area contributed by atoms with Gasteiger partial charge in [-0.1, -0.05) is 0 Å². The second kappa shape index (κ2) is 6.81. The van der Waals surface area contributed by atoms with Crippen LogP contribution >= 0.6 is 0 Å². The van der Waals surface area contributed by atoms with Gasteiger partial charge in [0.2, 0.25) is 5.91 Å². The summed E-state index contributed by atoms with van der Waals surface area (Å²) >= 11 is 0. The van der Waals surface area contributed by atoms with Crippen LogP contribution < -0.4 is 5.32 Å². The van der Waals surface area contributed by atoms with Crippen LogP contribution in [0, 0.1) is 5.82 Å². The van der Waals surface area contributed by atoms with Crippen LogP contribution in [0.15, 0.2) is 36.4 Å². The van der Waals surface area contributed by atoms with Gasteiger partial charge in [0.25, 0.3) is 0 Å². The molecular formula is C19H18FN5O2. The van der Waals surface area contributed by atoms with Gasteiger partial charge in [-0.2, -0.15) is 0 Å². The molecule has 1 atom stereocenters. The number of rotatable bonds is 5. The number of aliphatic hydroxyl groups excluding tert-OH is 1. The summed E-state index contributed by atoms with van der Waals surface area (Å²) in [5, 5.41) is 12.4. The molecule has 4 N–H and O–H groups in total. The molecule has 138 valence electrons. The van der Waals surface area contributed by atoms with Gasteiger partial charge in [-0.15, -0.1) is 0 Å². The Bertz CT molecular complexity index is 1130. The minimum atomic E-state index is -0.687. The number of hydrogen-bond acceptors (Lipinski definition) is 4. The van der Waals surface area contributed by atoms with E-state index in [0.717, 1.165) is 11.0 Å². The van der Waals surface area contributed by atoms with Gasteiger partial charge in [0.15, 0.2) is 0 Å². The lowest BCUT2D eigenvalue weighted by Crippen LogP contribution is -2.12. The van der Waals surface area contributed by atoms with Crippen LogP contribution in [-0.4, -0.2) is 30.9 Å². The molecule has 0 radical (unpaired) electrons. The molecule has 2 aromatic heterocycles. The predicted octanol–water partition coefficient (Wildman–Crippen LogP) is 3.20. The first-order chi connectivity index (χ1) is 13.0. The van der Waals surface area contributed by atoms with Gasteiger partial charge < -0.3 is 20.4 Å². The molecule has 8 heteroatoms. The molecule has 2 heterocycles. The highest BCUT2D eigenvalue weighted by molar-refractivity contribution is 5.93. The fourth-order valence-corrected chi connectivity index (χ4v) is 2.91. The molecule has 7 nitrogen and oxygen atoms in total. The third-order valence-corrected chi connectivity index (χ3v) is 4.26. The topological polar surface area (TPSA) is 107 Å². The van der Waals surface area contributed by atoms with Crippen molar-refractivity contribution in [1.29, 1.82) is 0 Å². The van der Waals surface area contributed by atoms with Gasteiger partial charge in [0, 0.05) is 18.5 Å². The average Bonchev–Trinajstić information content (AvgIpc) is 3.22. The molecule has 0 saturated heterocycles. The van der Waals surface area contributed by atoms with Crippen molar-refractivity contribution in [2.24, 2.45) is 0 Å². The fourth-order valence-electron chi connectivity index (χ4n) is 2.91. The second-order valence-electron chi connectivity index (χ2n) is 6.42. The molecule has 0 aliphatic carbocycles. The zero-order chi connectivity index (χ0) is 19.0. The maximum absolute atomic E-state index is 13.2. The van der Waals surface area contributed by atoms with Gasteiger partial charge >= 0.3 is 0 Å². The van der Waals surface area contributed by atoms with Crippen molar-refractivity contribution >= 4 is 33.7 Å². The number of aryl methyl sites for hydroxylation is 1. The van der Waals surface area contributed by atoms with Crippen LogP contribution in [0.5, 0.6) is 0 Å². The molecule has 4 aromatic rings. The number of benzene rings is 2. The summed E-state index contributed by atoms with van der Waals surface area (Å²) in [6, 6.07) is 9.65. The molecule has 1 unspecified atom stereocenters. The second-order valence-corrected chi connectivity index (χ2v) is 6.42. The number of carbonyl (C=O) groups is 1. The van der Waals surface area contributed by atoms with Crippen molar-refractivity contribution in [3.63, 3.8) is 0 Å². The summed E-state index contributed by atoms with van der Waals surface area (Å²) in [7, 11) is 0. The number of fused-ring (bicyclic) bond motifs is 2. The number of aromatic amines is 2. The summed E-state index contributed by atoms with van der Waals surface area (Å²) in [6.07, 6.45) is -0.0317. The van der Waals surface area contributed by atoms with Crippen LogP contribution in [0.3, 0.4) is 0 Å². The van der Waals surface area contributed by atoms with Crippen LogP contribution in [0.4, 0.5) is 10.1 Å². The molecule has 27 heavy (non-hydrogen) atoms. The quantitative estimate of drug-likeness (QED) is 0.434. The van der Waals surface area contributed by atoms with Crippen molar-refractivity contribution in [3.05, 3.63) is 53.9 Å². The smallest absolute Gasteiger partial charge is 0.224 e. The van der Waals surface area contributed by atoms with Crippen molar-refractivity contribution < 1.29 is 14.3 Å². The standard InChI is InChI=1S/C19H18FN5O2/c1-10(26)19-24-14-5-3-12(9-16(14)25-19)21-18(27)7-6-17-22-13-4-2-11(20)8-15(13)23-17/h2-5,8-10,26H,6-7H2,1H3,(H,21,27)(H,22,23)(H,24,25). The Hall–Kier alpha value is -3.26. The normalized spacial score (nSPS) is 12.6. The first-order valence-corrected chi connectivity index (χ1v) is 8.59. The summed E-state index contributed by atoms with van der Waals surface area (Å²) in [5.74, 6) is 0.630. The highest BCUT2D eigenvalue weighted by atomic mass is 19.1. The van der Waals surface area contributed by atoms with Crippen molar-refractivity contribution in [2.45, 2.75) is 25.9 Å². The Morgan fingerprint density at radius 3 is 2.70 bits per heavy atom. The number of imidazole rings is 2. The lowest BCUT2D eigenvalue weighted by atomic mass is 10.2. The number of amides is 1. The molecule has 0 bridgehead atoms. The predicted molar refractivity (Wildman–Crippen MR) is 99.7 cm³/mol. The van der Waals surface area contributed by atoms with E-state index < -0.39 is 6.10 Å². The number of nitrogens with one attached hydrogen (secondary N) is 3. The molecule has 0 saturated carbocycles. The Kier molecular flexibility index (Phi) is 4.33. The van der Waals surface area contributed by atoms with E-state index >= 15 is 0 Å². The first kappa shape index (κ1) is 17.2. The number of H-pyrrole nitrogens is 2. The molecule has 1 amide bonds. The summed E-state index contributed by atoms with van der Waals surface area (Å²) in [6.45, 7) is 1.63. The molecule has 0 aliphatic heterocycles. The van der Waals surface area contributed by atoms with Gasteiger partial charge in [0.05, 0.1) is 22.1 Å². The largest absolute Gasteiger partial charge is 0.385 e. The number of hydrogen-bond donors (Lipinski definition) is 4. The van der Waals surface area contributed by atoms with Gasteiger partial charge in [-0.05, 0) is 43.3 Å². The molecule has 4 rings (SSSR count). The minimum Gasteiger partial charge on any atom is -0.385 e.